The lowest BCUT2D eigenvalue weighted by molar-refractivity contribution is -0.114. The molecular weight excluding hydrogens is 172 g/mol. The van der Waals surface area contributed by atoms with E-state index in [-0.39, 0.29) is 5.78 Å². The fraction of sp³-hybridized carbons (Fsp3) is 0.308. The van der Waals surface area contributed by atoms with E-state index in [2.05, 4.69) is 12.1 Å². The van der Waals surface area contributed by atoms with Crippen LogP contribution >= 0.6 is 0 Å². The Morgan fingerprint density at radius 3 is 2.43 bits per heavy atom. The van der Waals surface area contributed by atoms with E-state index >= 15 is 0 Å². The van der Waals surface area contributed by atoms with Crippen LogP contribution in [0.15, 0.2) is 42.0 Å². The van der Waals surface area contributed by atoms with E-state index in [1.165, 1.54) is 5.56 Å². The second kappa shape index (κ2) is 5.38. The third-order valence-corrected chi connectivity index (χ3v) is 1.95. The lowest BCUT2D eigenvalue weighted by Gasteiger charge is -1.98. The molecule has 0 aliphatic carbocycles. The molecule has 0 saturated carbocycles. The van der Waals surface area contributed by atoms with E-state index in [0.29, 0.717) is 6.42 Å². The van der Waals surface area contributed by atoms with Crippen molar-refractivity contribution in [3.05, 3.63) is 47.5 Å². The number of rotatable bonds is 4. The van der Waals surface area contributed by atoms with Crippen LogP contribution in [0.4, 0.5) is 0 Å². The molecule has 0 bridgehead atoms. The van der Waals surface area contributed by atoms with Crippen molar-refractivity contribution in [1.29, 1.82) is 0 Å². The molecule has 0 fully saturated rings. The van der Waals surface area contributed by atoms with E-state index in [0.717, 1.165) is 12.0 Å². The largest absolute Gasteiger partial charge is 0.295 e. The Bertz CT molecular complexity index is 318. The fourth-order valence-electron chi connectivity index (χ4n) is 1.31. The van der Waals surface area contributed by atoms with Gasteiger partial charge in [-0.3, -0.25) is 4.79 Å². The van der Waals surface area contributed by atoms with Gasteiger partial charge in [-0.25, -0.2) is 0 Å². The molecule has 0 atom stereocenters. The van der Waals surface area contributed by atoms with Gasteiger partial charge in [0.1, 0.15) is 0 Å². The third kappa shape index (κ3) is 4.04. The van der Waals surface area contributed by atoms with E-state index < -0.39 is 0 Å². The highest BCUT2D eigenvalue weighted by Gasteiger charge is 1.98. The van der Waals surface area contributed by atoms with Gasteiger partial charge in [-0.05, 0) is 31.9 Å². The molecule has 0 aromatic heterocycles. The Morgan fingerprint density at radius 2 is 1.86 bits per heavy atom. The molecule has 0 aliphatic heterocycles. The summed E-state index contributed by atoms with van der Waals surface area (Å²) < 4.78 is 0. The lowest BCUT2D eigenvalue weighted by atomic mass is 10.1. The van der Waals surface area contributed by atoms with Crippen LogP contribution in [0.2, 0.25) is 0 Å². The van der Waals surface area contributed by atoms with Gasteiger partial charge in [0, 0.05) is 6.42 Å². The van der Waals surface area contributed by atoms with Gasteiger partial charge in [0.15, 0.2) is 5.78 Å². The SMILES string of the molecule is CC(C)=CC(=O)CCc1ccccc1. The normalized spacial score (nSPS) is 9.57. The van der Waals surface area contributed by atoms with Crippen LogP contribution in [0.5, 0.6) is 0 Å². The zero-order valence-electron chi connectivity index (χ0n) is 8.79. The molecule has 0 amide bonds. The lowest BCUT2D eigenvalue weighted by Crippen LogP contribution is -1.96. The average molecular weight is 188 g/mol. The summed E-state index contributed by atoms with van der Waals surface area (Å²) >= 11 is 0. The van der Waals surface area contributed by atoms with Gasteiger partial charge in [-0.1, -0.05) is 35.9 Å². The van der Waals surface area contributed by atoms with Crippen LogP contribution < -0.4 is 0 Å². The second-order valence-corrected chi connectivity index (χ2v) is 3.67. The topological polar surface area (TPSA) is 17.1 Å². The average Bonchev–Trinajstić information content (AvgIpc) is 2.15. The van der Waals surface area contributed by atoms with Crippen molar-refractivity contribution in [2.75, 3.05) is 0 Å². The highest BCUT2D eigenvalue weighted by Crippen LogP contribution is 2.03. The van der Waals surface area contributed by atoms with Gasteiger partial charge in [-0.2, -0.15) is 0 Å². The van der Waals surface area contributed by atoms with E-state index in [9.17, 15) is 4.79 Å². The maximum absolute atomic E-state index is 11.4. The molecule has 74 valence electrons. The molecule has 0 aliphatic rings. The standard InChI is InChI=1S/C13H16O/c1-11(2)10-13(14)9-8-12-6-4-3-5-7-12/h3-7,10H,8-9H2,1-2H3. The van der Waals surface area contributed by atoms with Crippen molar-refractivity contribution in [3.8, 4) is 0 Å². The molecule has 1 rings (SSSR count). The Kier molecular flexibility index (Phi) is 4.11. The van der Waals surface area contributed by atoms with Gasteiger partial charge < -0.3 is 0 Å². The Hall–Kier alpha value is -1.37. The summed E-state index contributed by atoms with van der Waals surface area (Å²) in [6, 6.07) is 10.1. The van der Waals surface area contributed by atoms with Crippen molar-refractivity contribution in [2.24, 2.45) is 0 Å². The Balaban J connectivity index is 2.42. The first-order chi connectivity index (χ1) is 6.68. The number of aryl methyl sites for hydroxylation is 1. The quantitative estimate of drug-likeness (QED) is 0.663. The van der Waals surface area contributed by atoms with Crippen LogP contribution in [-0.4, -0.2) is 5.78 Å². The monoisotopic (exact) mass is 188 g/mol. The zero-order valence-corrected chi connectivity index (χ0v) is 8.79. The number of benzene rings is 1. The molecule has 0 N–H and O–H groups in total. The summed E-state index contributed by atoms with van der Waals surface area (Å²) in [6.45, 7) is 3.89. The summed E-state index contributed by atoms with van der Waals surface area (Å²) in [5, 5.41) is 0. The maximum atomic E-state index is 11.4. The first-order valence-corrected chi connectivity index (χ1v) is 4.90. The minimum Gasteiger partial charge on any atom is -0.295 e. The number of hydrogen-bond donors (Lipinski definition) is 0. The predicted molar refractivity (Wildman–Crippen MR) is 59.2 cm³/mol. The van der Waals surface area contributed by atoms with Crippen molar-refractivity contribution >= 4 is 5.78 Å². The molecule has 1 nitrogen and oxygen atoms in total. The smallest absolute Gasteiger partial charge is 0.155 e. The van der Waals surface area contributed by atoms with Crippen molar-refractivity contribution in [2.45, 2.75) is 26.7 Å². The summed E-state index contributed by atoms with van der Waals surface area (Å²) in [4.78, 5) is 11.4. The molecule has 0 heterocycles. The molecule has 0 spiro atoms. The van der Waals surface area contributed by atoms with Crippen LogP contribution in [0.3, 0.4) is 0 Å². The highest BCUT2D eigenvalue weighted by molar-refractivity contribution is 5.90. The molecule has 1 aromatic carbocycles. The predicted octanol–water partition coefficient (Wildman–Crippen LogP) is 3.15. The number of hydrogen-bond acceptors (Lipinski definition) is 1. The molecule has 0 saturated heterocycles. The Morgan fingerprint density at radius 1 is 1.21 bits per heavy atom. The minimum absolute atomic E-state index is 0.217. The van der Waals surface area contributed by atoms with Crippen LogP contribution in [0, 0.1) is 0 Å². The van der Waals surface area contributed by atoms with E-state index in [4.69, 9.17) is 0 Å². The highest BCUT2D eigenvalue weighted by atomic mass is 16.1. The molecular formula is C13H16O. The number of allylic oxidation sites excluding steroid dienone is 2. The summed E-state index contributed by atoms with van der Waals surface area (Å²) in [5.41, 5.74) is 2.30. The number of ketones is 1. The molecule has 1 heteroatoms. The van der Waals surface area contributed by atoms with Crippen LogP contribution in [0.1, 0.15) is 25.8 Å². The zero-order chi connectivity index (χ0) is 10.4. The second-order valence-electron chi connectivity index (χ2n) is 3.67. The van der Waals surface area contributed by atoms with Gasteiger partial charge in [0.2, 0.25) is 0 Å². The minimum atomic E-state index is 0.217. The Labute approximate surface area is 85.5 Å². The third-order valence-electron chi connectivity index (χ3n) is 1.95. The summed E-state index contributed by atoms with van der Waals surface area (Å²) in [7, 11) is 0. The van der Waals surface area contributed by atoms with Gasteiger partial charge in [0.25, 0.3) is 0 Å². The molecule has 0 unspecified atom stereocenters. The summed E-state index contributed by atoms with van der Waals surface area (Å²) in [6.07, 6.45) is 3.15. The first-order valence-electron chi connectivity index (χ1n) is 4.90. The first kappa shape index (κ1) is 10.7. The number of carbonyl (C=O) groups is 1. The van der Waals surface area contributed by atoms with Crippen LogP contribution in [0.25, 0.3) is 0 Å². The molecule has 1 aromatic rings. The van der Waals surface area contributed by atoms with Crippen LogP contribution in [-0.2, 0) is 11.2 Å². The van der Waals surface area contributed by atoms with Gasteiger partial charge in [-0.15, -0.1) is 0 Å². The van der Waals surface area contributed by atoms with Crippen molar-refractivity contribution in [3.63, 3.8) is 0 Å². The number of carbonyl (C=O) groups excluding carboxylic acids is 1. The van der Waals surface area contributed by atoms with E-state index in [1.807, 2.05) is 32.0 Å². The van der Waals surface area contributed by atoms with Crippen molar-refractivity contribution < 1.29 is 4.79 Å². The van der Waals surface area contributed by atoms with Gasteiger partial charge >= 0.3 is 0 Å². The maximum Gasteiger partial charge on any atom is 0.155 e. The van der Waals surface area contributed by atoms with Crippen molar-refractivity contribution in [1.82, 2.24) is 0 Å². The van der Waals surface area contributed by atoms with Gasteiger partial charge in [0.05, 0.1) is 0 Å². The fourth-order valence-corrected chi connectivity index (χ4v) is 1.31. The molecule has 14 heavy (non-hydrogen) atoms. The molecule has 0 radical (unpaired) electrons. The summed E-state index contributed by atoms with van der Waals surface area (Å²) in [5.74, 6) is 0.217. The van der Waals surface area contributed by atoms with E-state index in [1.54, 1.807) is 6.08 Å².